The molecule has 0 radical (unpaired) electrons. The first-order chi connectivity index (χ1) is 9.38. The Morgan fingerprint density at radius 1 is 1.40 bits per heavy atom. The molecule has 1 aromatic rings. The normalized spacial score (nSPS) is 13.3. The number of nitrogens with two attached hydrogens (primary N) is 1. The zero-order valence-corrected chi connectivity index (χ0v) is 11.7. The molecule has 0 bridgehead atoms. The zero-order valence-electron chi connectivity index (χ0n) is 11.7. The Bertz CT molecular complexity index is 540. The van der Waals surface area contributed by atoms with Crippen molar-refractivity contribution in [2.75, 3.05) is 18.5 Å². The molecule has 4 N–H and O–H groups in total. The average Bonchev–Trinajstić information content (AvgIpc) is 2.83. The van der Waals surface area contributed by atoms with E-state index in [4.69, 9.17) is 10.5 Å². The van der Waals surface area contributed by atoms with Gasteiger partial charge in [-0.25, -0.2) is 4.79 Å². The molecular formula is C14H19N3O3. The van der Waals surface area contributed by atoms with Crippen LogP contribution in [0.1, 0.15) is 19.4 Å². The Labute approximate surface area is 117 Å². The van der Waals surface area contributed by atoms with Crippen LogP contribution in [-0.2, 0) is 11.2 Å². The largest absolute Gasteiger partial charge is 0.493 e. The van der Waals surface area contributed by atoms with Crippen molar-refractivity contribution in [3.05, 3.63) is 23.8 Å². The summed E-state index contributed by atoms with van der Waals surface area (Å²) in [6.07, 6.45) is 0.848. The number of ether oxygens (including phenoxy) is 1. The first-order valence-electron chi connectivity index (χ1n) is 6.49. The summed E-state index contributed by atoms with van der Waals surface area (Å²) in [7, 11) is 0. The third kappa shape index (κ3) is 3.20. The summed E-state index contributed by atoms with van der Waals surface area (Å²) in [4.78, 5) is 22.9. The Balaban J connectivity index is 1.90. The number of hydrogen-bond acceptors (Lipinski definition) is 3. The third-order valence-electron chi connectivity index (χ3n) is 3.31. The van der Waals surface area contributed by atoms with Crippen molar-refractivity contribution in [1.29, 1.82) is 0 Å². The van der Waals surface area contributed by atoms with E-state index in [-0.39, 0.29) is 12.6 Å². The minimum Gasteiger partial charge on any atom is -0.493 e. The molecular weight excluding hydrogens is 258 g/mol. The standard InChI is InChI=1S/C14H19N3O3/c1-14(2,12(15)18)8-16-13(19)17-10-3-4-11-9(7-10)5-6-20-11/h3-4,7H,5-6,8H2,1-2H3,(H2,15,18)(H2,16,17,19). The lowest BCUT2D eigenvalue weighted by atomic mass is 9.93. The number of urea groups is 1. The second kappa shape index (κ2) is 5.40. The summed E-state index contributed by atoms with van der Waals surface area (Å²) in [5.74, 6) is 0.415. The van der Waals surface area contributed by atoms with Crippen molar-refractivity contribution in [3.63, 3.8) is 0 Å². The monoisotopic (exact) mass is 277 g/mol. The van der Waals surface area contributed by atoms with E-state index in [9.17, 15) is 9.59 Å². The second-order valence-electron chi connectivity index (χ2n) is 5.48. The van der Waals surface area contributed by atoms with Gasteiger partial charge in [0.05, 0.1) is 12.0 Å². The molecule has 0 saturated carbocycles. The summed E-state index contributed by atoms with van der Waals surface area (Å²) < 4.78 is 5.40. The van der Waals surface area contributed by atoms with Gasteiger partial charge in [-0.15, -0.1) is 0 Å². The number of anilines is 1. The molecule has 0 atom stereocenters. The highest BCUT2D eigenvalue weighted by atomic mass is 16.5. The van der Waals surface area contributed by atoms with Gasteiger partial charge in [-0.2, -0.15) is 0 Å². The molecule has 3 amide bonds. The van der Waals surface area contributed by atoms with Gasteiger partial charge in [0.25, 0.3) is 0 Å². The van der Waals surface area contributed by atoms with Crippen molar-refractivity contribution >= 4 is 17.6 Å². The molecule has 0 saturated heterocycles. The molecule has 1 aliphatic heterocycles. The maximum atomic E-state index is 11.8. The van der Waals surface area contributed by atoms with Gasteiger partial charge in [-0.1, -0.05) is 0 Å². The van der Waals surface area contributed by atoms with Gasteiger partial charge in [0, 0.05) is 18.7 Å². The number of rotatable bonds is 4. The van der Waals surface area contributed by atoms with E-state index in [1.165, 1.54) is 0 Å². The molecule has 1 heterocycles. The van der Waals surface area contributed by atoms with E-state index in [0.717, 1.165) is 17.7 Å². The smallest absolute Gasteiger partial charge is 0.319 e. The molecule has 0 spiro atoms. The topological polar surface area (TPSA) is 93.4 Å². The molecule has 108 valence electrons. The van der Waals surface area contributed by atoms with Crippen molar-refractivity contribution in [2.24, 2.45) is 11.1 Å². The number of nitrogens with one attached hydrogen (secondary N) is 2. The van der Waals surface area contributed by atoms with Crippen LogP contribution in [0.2, 0.25) is 0 Å². The quantitative estimate of drug-likeness (QED) is 0.773. The minimum atomic E-state index is -0.775. The molecule has 20 heavy (non-hydrogen) atoms. The molecule has 2 rings (SSSR count). The highest BCUT2D eigenvalue weighted by molar-refractivity contribution is 5.90. The van der Waals surface area contributed by atoms with Crippen LogP contribution in [0.3, 0.4) is 0 Å². The van der Waals surface area contributed by atoms with E-state index in [1.54, 1.807) is 19.9 Å². The zero-order chi connectivity index (χ0) is 14.8. The Morgan fingerprint density at radius 3 is 2.85 bits per heavy atom. The lowest BCUT2D eigenvalue weighted by molar-refractivity contribution is -0.125. The van der Waals surface area contributed by atoms with Crippen LogP contribution in [-0.4, -0.2) is 25.1 Å². The van der Waals surface area contributed by atoms with Crippen LogP contribution in [0.4, 0.5) is 10.5 Å². The fourth-order valence-corrected chi connectivity index (χ4v) is 1.83. The minimum absolute atomic E-state index is 0.183. The van der Waals surface area contributed by atoms with Crippen molar-refractivity contribution < 1.29 is 14.3 Å². The highest BCUT2D eigenvalue weighted by Crippen LogP contribution is 2.27. The van der Waals surface area contributed by atoms with Crippen LogP contribution in [0.5, 0.6) is 5.75 Å². The number of primary amides is 1. The molecule has 0 fully saturated rings. The van der Waals surface area contributed by atoms with Crippen LogP contribution < -0.4 is 21.1 Å². The Morgan fingerprint density at radius 2 is 2.15 bits per heavy atom. The highest BCUT2D eigenvalue weighted by Gasteiger charge is 2.25. The van der Waals surface area contributed by atoms with Crippen LogP contribution in [0, 0.1) is 5.41 Å². The molecule has 1 aromatic carbocycles. The van der Waals surface area contributed by atoms with Gasteiger partial charge in [0.1, 0.15) is 5.75 Å². The summed E-state index contributed by atoms with van der Waals surface area (Å²) in [6, 6.07) is 5.15. The Hall–Kier alpha value is -2.24. The summed E-state index contributed by atoms with van der Waals surface area (Å²) in [6.45, 7) is 4.23. The van der Waals surface area contributed by atoms with Gasteiger partial charge >= 0.3 is 6.03 Å². The Kier molecular flexibility index (Phi) is 3.83. The van der Waals surface area contributed by atoms with E-state index in [2.05, 4.69) is 10.6 Å². The van der Waals surface area contributed by atoms with E-state index < -0.39 is 11.3 Å². The maximum Gasteiger partial charge on any atom is 0.319 e. The van der Waals surface area contributed by atoms with Gasteiger partial charge in [0.15, 0.2) is 0 Å². The van der Waals surface area contributed by atoms with E-state index in [1.807, 2.05) is 12.1 Å². The molecule has 6 nitrogen and oxygen atoms in total. The summed E-state index contributed by atoms with van der Waals surface area (Å²) in [5.41, 5.74) is 6.25. The second-order valence-corrected chi connectivity index (χ2v) is 5.48. The van der Waals surface area contributed by atoms with Crippen LogP contribution >= 0.6 is 0 Å². The predicted octanol–water partition coefficient (Wildman–Crippen LogP) is 1.25. The lowest BCUT2D eigenvalue weighted by Crippen LogP contribution is -2.43. The number of carbonyl (C=O) groups is 2. The van der Waals surface area contributed by atoms with Crippen LogP contribution in [0.15, 0.2) is 18.2 Å². The number of amides is 3. The van der Waals surface area contributed by atoms with Crippen molar-refractivity contribution in [3.8, 4) is 5.75 Å². The fourth-order valence-electron chi connectivity index (χ4n) is 1.83. The SMILES string of the molecule is CC(C)(CNC(=O)Nc1ccc2c(c1)CCO2)C(N)=O. The molecule has 0 unspecified atom stereocenters. The van der Waals surface area contributed by atoms with Crippen molar-refractivity contribution in [1.82, 2.24) is 5.32 Å². The van der Waals surface area contributed by atoms with E-state index in [0.29, 0.717) is 12.3 Å². The van der Waals surface area contributed by atoms with E-state index >= 15 is 0 Å². The lowest BCUT2D eigenvalue weighted by Gasteiger charge is -2.20. The van der Waals surface area contributed by atoms with Gasteiger partial charge < -0.3 is 21.1 Å². The first-order valence-corrected chi connectivity index (χ1v) is 6.49. The third-order valence-corrected chi connectivity index (χ3v) is 3.31. The van der Waals surface area contributed by atoms with Gasteiger partial charge in [-0.3, -0.25) is 4.79 Å². The summed E-state index contributed by atoms with van der Waals surface area (Å²) >= 11 is 0. The number of benzene rings is 1. The number of hydrogen-bond donors (Lipinski definition) is 3. The molecule has 6 heteroatoms. The maximum absolute atomic E-state index is 11.8. The van der Waals surface area contributed by atoms with Gasteiger partial charge in [-0.05, 0) is 37.6 Å². The number of fused-ring (bicyclic) bond motifs is 1. The average molecular weight is 277 g/mol. The fraction of sp³-hybridized carbons (Fsp3) is 0.429. The van der Waals surface area contributed by atoms with Gasteiger partial charge in [0.2, 0.25) is 5.91 Å². The summed E-state index contributed by atoms with van der Waals surface area (Å²) in [5, 5.41) is 5.36. The van der Waals surface area contributed by atoms with Crippen LogP contribution in [0.25, 0.3) is 0 Å². The number of carbonyl (C=O) groups excluding carboxylic acids is 2. The molecule has 0 aliphatic carbocycles. The molecule has 0 aromatic heterocycles. The predicted molar refractivity (Wildman–Crippen MR) is 75.6 cm³/mol. The molecule has 1 aliphatic rings. The van der Waals surface area contributed by atoms with Crippen molar-refractivity contribution in [2.45, 2.75) is 20.3 Å². The first kappa shape index (κ1) is 14.2.